The summed E-state index contributed by atoms with van der Waals surface area (Å²) in [5, 5.41) is 0. The summed E-state index contributed by atoms with van der Waals surface area (Å²) in [6.45, 7) is 0. The number of nitrogens with zero attached hydrogens (tertiary/aromatic N) is 3. The first-order chi connectivity index (χ1) is 11.7. The number of hydrogen-bond acceptors (Lipinski definition) is 5. The van der Waals surface area contributed by atoms with E-state index in [1.807, 2.05) is 36.7 Å². The molecule has 1 aromatic carbocycles. The van der Waals surface area contributed by atoms with E-state index in [0.717, 1.165) is 29.7 Å². The minimum absolute atomic E-state index is 0.241. The maximum absolute atomic E-state index is 6.04. The van der Waals surface area contributed by atoms with E-state index in [4.69, 9.17) is 9.47 Å². The van der Waals surface area contributed by atoms with Crippen molar-refractivity contribution in [2.75, 3.05) is 14.2 Å². The Morgan fingerprint density at radius 1 is 0.958 bits per heavy atom. The molecule has 2 aromatic rings. The highest BCUT2D eigenvalue weighted by Crippen LogP contribution is 2.35. The lowest BCUT2D eigenvalue weighted by molar-refractivity contribution is 0.0601. The second-order valence-corrected chi connectivity index (χ2v) is 6.74. The van der Waals surface area contributed by atoms with Gasteiger partial charge < -0.3 is 14.4 Å². The molecule has 0 amide bonds. The zero-order valence-corrected chi connectivity index (χ0v) is 14.2. The van der Waals surface area contributed by atoms with E-state index >= 15 is 0 Å². The lowest BCUT2D eigenvalue weighted by Crippen LogP contribution is -2.44. The van der Waals surface area contributed by atoms with Crippen LogP contribution in [0.25, 0.3) is 11.1 Å². The maximum Gasteiger partial charge on any atom is 0.316 e. The normalized spacial score (nSPS) is 26.3. The zero-order chi connectivity index (χ0) is 16.5. The van der Waals surface area contributed by atoms with Crippen LogP contribution in [0.2, 0.25) is 0 Å². The zero-order valence-electron chi connectivity index (χ0n) is 14.2. The fraction of sp³-hybridized carbons (Fsp3) is 0.474. The fourth-order valence-corrected chi connectivity index (χ4v) is 3.92. The Bertz CT molecular complexity index is 673. The summed E-state index contributed by atoms with van der Waals surface area (Å²) in [5.41, 5.74) is 2.05. The highest BCUT2D eigenvalue weighted by Gasteiger charge is 2.39. The van der Waals surface area contributed by atoms with Gasteiger partial charge in [-0.05, 0) is 37.6 Å². The molecule has 1 aromatic heterocycles. The van der Waals surface area contributed by atoms with Gasteiger partial charge in [0.2, 0.25) is 0 Å². The summed E-state index contributed by atoms with van der Waals surface area (Å²) in [5.74, 6) is 0.844. The largest absolute Gasteiger partial charge is 0.497 e. The topological polar surface area (TPSA) is 47.5 Å². The minimum atomic E-state index is 0.241. The molecule has 126 valence electrons. The van der Waals surface area contributed by atoms with Crippen molar-refractivity contribution in [2.24, 2.45) is 0 Å². The first-order valence-electron chi connectivity index (χ1n) is 8.58. The number of hydrogen-bond donors (Lipinski definition) is 0. The summed E-state index contributed by atoms with van der Waals surface area (Å²) >= 11 is 0. The second-order valence-electron chi connectivity index (χ2n) is 6.74. The molecule has 0 saturated carbocycles. The highest BCUT2D eigenvalue weighted by atomic mass is 16.5. The third-order valence-electron chi connectivity index (χ3n) is 5.38. The van der Waals surface area contributed by atoms with Crippen LogP contribution in [-0.2, 0) is 0 Å². The summed E-state index contributed by atoms with van der Waals surface area (Å²) in [4.78, 5) is 11.3. The average molecular weight is 325 g/mol. The van der Waals surface area contributed by atoms with Crippen LogP contribution >= 0.6 is 0 Å². The molecular formula is C19H23N3O2. The van der Waals surface area contributed by atoms with E-state index in [1.54, 1.807) is 7.11 Å². The predicted octanol–water partition coefficient (Wildman–Crippen LogP) is 3.16. The molecule has 0 spiro atoms. The van der Waals surface area contributed by atoms with E-state index in [9.17, 15) is 0 Å². The molecule has 24 heavy (non-hydrogen) atoms. The Morgan fingerprint density at radius 3 is 2.17 bits per heavy atom. The number of rotatable bonds is 4. The van der Waals surface area contributed by atoms with Crippen LogP contribution in [0.1, 0.15) is 25.7 Å². The van der Waals surface area contributed by atoms with Crippen LogP contribution in [0.3, 0.4) is 0 Å². The molecule has 0 N–H and O–H groups in total. The lowest BCUT2D eigenvalue weighted by atomic mass is 10.0. The molecule has 5 heteroatoms. The summed E-state index contributed by atoms with van der Waals surface area (Å²) in [6, 6.07) is 9.70. The van der Waals surface area contributed by atoms with Crippen LogP contribution in [0, 0.1) is 0 Å². The molecule has 3 heterocycles. The van der Waals surface area contributed by atoms with E-state index < -0.39 is 0 Å². The van der Waals surface area contributed by atoms with Crippen LogP contribution in [0.4, 0.5) is 0 Å². The smallest absolute Gasteiger partial charge is 0.316 e. The third-order valence-corrected chi connectivity index (χ3v) is 5.38. The standard InChI is InChI=1S/C19H23N3O2/c1-22-15-5-6-16(22)10-18(9-15)24-19-20-11-14(12-21-19)13-3-7-17(23-2)8-4-13/h3-4,7-8,11-12,15-16,18H,5-6,9-10H2,1-2H3/t15-,16+,18?. The predicted molar refractivity (Wildman–Crippen MR) is 92.2 cm³/mol. The van der Waals surface area contributed by atoms with Crippen LogP contribution in [-0.4, -0.2) is 47.2 Å². The molecule has 0 radical (unpaired) electrons. The Hall–Kier alpha value is -2.14. The van der Waals surface area contributed by atoms with Crippen molar-refractivity contribution in [3.8, 4) is 22.9 Å². The number of aromatic nitrogens is 2. The second kappa shape index (κ2) is 6.40. The SMILES string of the molecule is COc1ccc(-c2cnc(OC3C[C@H]4CC[C@@H](C3)N4C)nc2)cc1. The molecule has 0 aliphatic carbocycles. The van der Waals surface area contributed by atoms with E-state index in [2.05, 4.69) is 21.9 Å². The van der Waals surface area contributed by atoms with Crippen LogP contribution in [0.5, 0.6) is 11.8 Å². The average Bonchev–Trinajstić information content (AvgIpc) is 2.84. The third kappa shape index (κ3) is 2.96. The Balaban J connectivity index is 1.42. The van der Waals surface area contributed by atoms with Crippen LogP contribution in [0.15, 0.2) is 36.7 Å². The summed E-state index contributed by atoms with van der Waals surface area (Å²) < 4.78 is 11.2. The summed E-state index contributed by atoms with van der Waals surface area (Å²) in [7, 11) is 3.90. The number of piperidine rings is 1. The van der Waals surface area contributed by atoms with Gasteiger partial charge in [-0.1, -0.05) is 12.1 Å². The molecule has 3 atom stereocenters. The van der Waals surface area contributed by atoms with Gasteiger partial charge in [0.1, 0.15) is 11.9 Å². The van der Waals surface area contributed by atoms with E-state index in [1.165, 1.54) is 12.8 Å². The number of methoxy groups -OCH3 is 1. The molecular weight excluding hydrogens is 302 g/mol. The maximum atomic E-state index is 6.04. The molecule has 2 aliphatic heterocycles. The number of benzene rings is 1. The Labute approximate surface area is 142 Å². The van der Waals surface area contributed by atoms with Gasteiger partial charge >= 0.3 is 6.01 Å². The van der Waals surface area contributed by atoms with Gasteiger partial charge in [0.15, 0.2) is 0 Å². The van der Waals surface area contributed by atoms with Gasteiger partial charge in [-0.2, -0.15) is 0 Å². The molecule has 4 rings (SSSR count). The molecule has 2 aliphatic rings. The van der Waals surface area contributed by atoms with Gasteiger partial charge in [-0.25, -0.2) is 9.97 Å². The van der Waals surface area contributed by atoms with Crippen molar-refractivity contribution >= 4 is 0 Å². The Kier molecular flexibility index (Phi) is 4.10. The van der Waals surface area contributed by atoms with Crippen LogP contribution < -0.4 is 9.47 Å². The molecule has 2 bridgehead atoms. The minimum Gasteiger partial charge on any atom is -0.497 e. The van der Waals surface area contributed by atoms with E-state index in [-0.39, 0.29) is 6.10 Å². The lowest BCUT2D eigenvalue weighted by Gasteiger charge is -2.35. The Morgan fingerprint density at radius 2 is 1.58 bits per heavy atom. The highest BCUT2D eigenvalue weighted by molar-refractivity contribution is 5.62. The van der Waals surface area contributed by atoms with Gasteiger partial charge in [-0.15, -0.1) is 0 Å². The van der Waals surface area contributed by atoms with Gasteiger partial charge in [0.05, 0.1) is 7.11 Å². The van der Waals surface area contributed by atoms with Crippen molar-refractivity contribution in [2.45, 2.75) is 43.9 Å². The molecule has 5 nitrogen and oxygen atoms in total. The van der Waals surface area contributed by atoms with Crippen molar-refractivity contribution in [1.29, 1.82) is 0 Å². The quantitative estimate of drug-likeness (QED) is 0.864. The van der Waals surface area contributed by atoms with Gasteiger partial charge in [0, 0.05) is 42.9 Å². The summed E-state index contributed by atoms with van der Waals surface area (Å²) in [6.07, 6.45) is 8.64. The van der Waals surface area contributed by atoms with Crippen molar-refractivity contribution < 1.29 is 9.47 Å². The van der Waals surface area contributed by atoms with E-state index in [0.29, 0.717) is 18.1 Å². The van der Waals surface area contributed by atoms with Gasteiger partial charge in [0.25, 0.3) is 0 Å². The monoisotopic (exact) mass is 325 g/mol. The van der Waals surface area contributed by atoms with Crippen molar-refractivity contribution in [3.05, 3.63) is 36.7 Å². The van der Waals surface area contributed by atoms with Crippen molar-refractivity contribution in [1.82, 2.24) is 14.9 Å². The first-order valence-corrected chi connectivity index (χ1v) is 8.58. The molecule has 1 unspecified atom stereocenters. The number of fused-ring (bicyclic) bond motifs is 2. The van der Waals surface area contributed by atoms with Gasteiger partial charge in [-0.3, -0.25) is 0 Å². The first kappa shape index (κ1) is 15.4. The fourth-order valence-electron chi connectivity index (χ4n) is 3.92. The molecule has 2 saturated heterocycles. The number of ether oxygens (including phenoxy) is 2. The van der Waals surface area contributed by atoms with Crippen molar-refractivity contribution in [3.63, 3.8) is 0 Å². The molecule has 2 fully saturated rings.